The number of hydrogen-bond donors (Lipinski definition) is 1. The predicted octanol–water partition coefficient (Wildman–Crippen LogP) is 2.30. The van der Waals surface area contributed by atoms with E-state index in [2.05, 4.69) is 43.9 Å². The number of aryl methyl sites for hydroxylation is 1. The smallest absolute Gasteiger partial charge is 0.356 e. The number of carboxylic acid groups (broad SMARTS) is 1. The summed E-state index contributed by atoms with van der Waals surface area (Å²) < 4.78 is 2.61. The van der Waals surface area contributed by atoms with Gasteiger partial charge in [-0.1, -0.05) is 6.07 Å². The SMILES string of the molecule is CN1CCN(c2ccc(-c3cc(C(=O)O)nn3C)cc2Br)CC1. The van der Waals surface area contributed by atoms with Crippen LogP contribution in [0.15, 0.2) is 28.7 Å². The van der Waals surface area contributed by atoms with Crippen LogP contribution in [0.3, 0.4) is 0 Å². The number of halogens is 1. The second-order valence-corrected chi connectivity index (χ2v) is 6.65. The number of carbonyl (C=O) groups is 1. The van der Waals surface area contributed by atoms with E-state index in [9.17, 15) is 4.79 Å². The highest BCUT2D eigenvalue weighted by molar-refractivity contribution is 9.10. The number of piperazine rings is 1. The number of aromatic nitrogens is 2. The molecule has 2 aromatic rings. The molecule has 0 radical (unpaired) electrons. The van der Waals surface area contributed by atoms with Gasteiger partial charge in [0, 0.05) is 43.3 Å². The summed E-state index contributed by atoms with van der Waals surface area (Å²) in [4.78, 5) is 15.7. The molecule has 0 amide bonds. The lowest BCUT2D eigenvalue weighted by Crippen LogP contribution is -2.44. The van der Waals surface area contributed by atoms with Crippen molar-refractivity contribution in [2.24, 2.45) is 7.05 Å². The summed E-state index contributed by atoms with van der Waals surface area (Å²) in [7, 11) is 3.89. The first-order chi connectivity index (χ1) is 11.0. The van der Waals surface area contributed by atoms with Crippen LogP contribution in [-0.4, -0.2) is 59.0 Å². The lowest BCUT2D eigenvalue weighted by atomic mass is 10.1. The summed E-state index contributed by atoms with van der Waals surface area (Å²) in [6, 6.07) is 7.72. The molecule has 0 spiro atoms. The minimum absolute atomic E-state index is 0.0572. The molecule has 23 heavy (non-hydrogen) atoms. The van der Waals surface area contributed by atoms with Crippen molar-refractivity contribution in [2.75, 3.05) is 38.1 Å². The van der Waals surface area contributed by atoms with E-state index < -0.39 is 5.97 Å². The first-order valence-electron chi connectivity index (χ1n) is 7.46. The van der Waals surface area contributed by atoms with Crippen LogP contribution in [0.1, 0.15) is 10.5 Å². The minimum atomic E-state index is -1.01. The minimum Gasteiger partial charge on any atom is -0.476 e. The Bertz CT molecular complexity index is 736. The van der Waals surface area contributed by atoms with Gasteiger partial charge in [0.1, 0.15) is 0 Å². The third-order valence-electron chi connectivity index (χ3n) is 4.19. The van der Waals surface area contributed by atoms with E-state index in [1.807, 2.05) is 12.1 Å². The molecule has 1 aliphatic rings. The van der Waals surface area contributed by atoms with E-state index >= 15 is 0 Å². The predicted molar refractivity (Wildman–Crippen MR) is 93.0 cm³/mol. The van der Waals surface area contributed by atoms with Crippen molar-refractivity contribution >= 4 is 27.6 Å². The highest BCUT2D eigenvalue weighted by Crippen LogP contribution is 2.32. The van der Waals surface area contributed by atoms with Crippen LogP contribution in [0.25, 0.3) is 11.3 Å². The summed E-state index contributed by atoms with van der Waals surface area (Å²) in [5, 5.41) is 13.1. The van der Waals surface area contributed by atoms with Crippen LogP contribution >= 0.6 is 15.9 Å². The summed E-state index contributed by atoms with van der Waals surface area (Å²) in [6.07, 6.45) is 0. The number of carboxylic acids is 1. The van der Waals surface area contributed by atoms with Gasteiger partial charge in [0.05, 0.1) is 11.4 Å². The molecule has 3 rings (SSSR count). The van der Waals surface area contributed by atoms with Gasteiger partial charge in [-0.25, -0.2) is 4.79 Å². The Morgan fingerprint density at radius 1 is 1.17 bits per heavy atom. The zero-order chi connectivity index (χ0) is 16.6. The quantitative estimate of drug-likeness (QED) is 0.887. The molecule has 1 saturated heterocycles. The Hall–Kier alpha value is -1.86. The van der Waals surface area contributed by atoms with Gasteiger partial charge in [-0.3, -0.25) is 4.68 Å². The molecule has 122 valence electrons. The van der Waals surface area contributed by atoms with Crippen LogP contribution in [0.2, 0.25) is 0 Å². The topological polar surface area (TPSA) is 61.6 Å². The molecule has 1 aromatic carbocycles. The molecule has 0 atom stereocenters. The van der Waals surface area contributed by atoms with E-state index in [-0.39, 0.29) is 5.69 Å². The van der Waals surface area contributed by atoms with Crippen molar-refractivity contribution in [1.82, 2.24) is 14.7 Å². The average Bonchev–Trinajstić information content (AvgIpc) is 2.90. The van der Waals surface area contributed by atoms with Crippen LogP contribution in [0.5, 0.6) is 0 Å². The van der Waals surface area contributed by atoms with E-state index in [0.29, 0.717) is 0 Å². The maximum Gasteiger partial charge on any atom is 0.356 e. The van der Waals surface area contributed by atoms with Crippen molar-refractivity contribution in [3.8, 4) is 11.3 Å². The number of hydrogen-bond acceptors (Lipinski definition) is 4. The molecular formula is C16H19BrN4O2. The third kappa shape index (κ3) is 3.25. The molecule has 2 heterocycles. The Labute approximate surface area is 143 Å². The van der Waals surface area contributed by atoms with Gasteiger partial charge in [0.2, 0.25) is 0 Å². The molecule has 0 saturated carbocycles. The zero-order valence-corrected chi connectivity index (χ0v) is 14.7. The first kappa shape index (κ1) is 16.0. The van der Waals surface area contributed by atoms with E-state index in [0.717, 1.165) is 41.9 Å². The lowest BCUT2D eigenvalue weighted by Gasteiger charge is -2.34. The Morgan fingerprint density at radius 2 is 1.87 bits per heavy atom. The van der Waals surface area contributed by atoms with Gasteiger partial charge < -0.3 is 14.9 Å². The molecular weight excluding hydrogens is 360 g/mol. The average molecular weight is 379 g/mol. The van der Waals surface area contributed by atoms with E-state index in [1.165, 1.54) is 5.69 Å². The van der Waals surface area contributed by atoms with Crippen molar-refractivity contribution in [1.29, 1.82) is 0 Å². The Kier molecular flexibility index (Phi) is 4.41. The first-order valence-corrected chi connectivity index (χ1v) is 8.26. The van der Waals surface area contributed by atoms with Crippen molar-refractivity contribution in [3.63, 3.8) is 0 Å². The van der Waals surface area contributed by atoms with Gasteiger partial charge >= 0.3 is 5.97 Å². The molecule has 6 nitrogen and oxygen atoms in total. The normalized spacial score (nSPS) is 15.9. The maximum atomic E-state index is 11.1. The monoisotopic (exact) mass is 378 g/mol. The number of benzene rings is 1. The van der Waals surface area contributed by atoms with Gasteiger partial charge in [-0.2, -0.15) is 5.10 Å². The van der Waals surface area contributed by atoms with Gasteiger partial charge in [-0.15, -0.1) is 0 Å². The largest absolute Gasteiger partial charge is 0.476 e. The fraction of sp³-hybridized carbons (Fsp3) is 0.375. The van der Waals surface area contributed by atoms with E-state index in [1.54, 1.807) is 17.8 Å². The zero-order valence-electron chi connectivity index (χ0n) is 13.2. The highest BCUT2D eigenvalue weighted by Gasteiger charge is 2.18. The second kappa shape index (κ2) is 6.33. The van der Waals surface area contributed by atoms with Gasteiger partial charge in [0.15, 0.2) is 5.69 Å². The summed E-state index contributed by atoms with van der Waals surface area (Å²) in [5.41, 5.74) is 2.95. The van der Waals surface area contributed by atoms with Gasteiger partial charge in [-0.05, 0) is 41.2 Å². The van der Waals surface area contributed by atoms with E-state index in [4.69, 9.17) is 5.11 Å². The fourth-order valence-corrected chi connectivity index (χ4v) is 3.44. The molecule has 1 aromatic heterocycles. The molecule has 0 bridgehead atoms. The van der Waals surface area contributed by atoms with Crippen molar-refractivity contribution < 1.29 is 9.90 Å². The third-order valence-corrected chi connectivity index (χ3v) is 4.82. The number of rotatable bonds is 3. The van der Waals surface area contributed by atoms with Crippen LogP contribution < -0.4 is 4.90 Å². The number of nitrogens with zero attached hydrogens (tertiary/aromatic N) is 4. The summed E-state index contributed by atoms with van der Waals surface area (Å²) >= 11 is 3.65. The van der Waals surface area contributed by atoms with Crippen LogP contribution in [-0.2, 0) is 7.05 Å². The fourth-order valence-electron chi connectivity index (χ4n) is 2.81. The van der Waals surface area contributed by atoms with Crippen LogP contribution in [0, 0.1) is 0 Å². The number of anilines is 1. The summed E-state index contributed by atoms with van der Waals surface area (Å²) in [6.45, 7) is 4.11. The standard InChI is InChI=1S/C16H19BrN4O2/c1-19-5-7-21(8-6-19)14-4-3-11(9-12(14)17)15-10-13(16(22)23)18-20(15)2/h3-4,9-10H,5-8H2,1-2H3,(H,22,23). The number of aromatic carboxylic acids is 1. The lowest BCUT2D eigenvalue weighted by molar-refractivity contribution is 0.0689. The Balaban J connectivity index is 1.89. The molecule has 0 unspecified atom stereocenters. The van der Waals surface area contributed by atoms with Crippen molar-refractivity contribution in [2.45, 2.75) is 0 Å². The molecule has 1 fully saturated rings. The second-order valence-electron chi connectivity index (χ2n) is 5.80. The van der Waals surface area contributed by atoms with Gasteiger partial charge in [0.25, 0.3) is 0 Å². The molecule has 1 N–H and O–H groups in total. The molecule has 7 heteroatoms. The summed E-state index contributed by atoms with van der Waals surface area (Å²) in [5.74, 6) is -1.01. The molecule has 0 aliphatic carbocycles. The number of likely N-dealkylation sites (N-methyl/N-ethyl adjacent to an activating group) is 1. The Morgan fingerprint density at radius 3 is 2.43 bits per heavy atom. The highest BCUT2D eigenvalue weighted by atomic mass is 79.9. The van der Waals surface area contributed by atoms with Crippen LogP contribution in [0.4, 0.5) is 5.69 Å². The molecule has 1 aliphatic heterocycles. The van der Waals surface area contributed by atoms with Crippen molar-refractivity contribution in [3.05, 3.63) is 34.4 Å². The maximum absolute atomic E-state index is 11.1.